The van der Waals surface area contributed by atoms with Gasteiger partial charge < -0.3 is 10.8 Å². The van der Waals surface area contributed by atoms with E-state index < -0.39 is 11.6 Å². The van der Waals surface area contributed by atoms with Gasteiger partial charge in [-0.25, -0.2) is 0 Å². The van der Waals surface area contributed by atoms with E-state index in [9.17, 15) is 13.2 Å². The number of nitrogens with two attached hydrogens (primary N) is 1. The quantitative estimate of drug-likeness (QED) is 0.804. The van der Waals surface area contributed by atoms with Gasteiger partial charge in [0.15, 0.2) is 0 Å². The predicted molar refractivity (Wildman–Crippen MR) is 61.6 cm³/mol. The maximum absolute atomic E-state index is 12.3. The predicted octanol–water partition coefficient (Wildman–Crippen LogP) is 3.07. The van der Waals surface area contributed by atoms with Crippen LogP contribution in [0.2, 0.25) is 0 Å². The highest BCUT2D eigenvalue weighted by atomic mass is 32.2. The molecule has 0 saturated heterocycles. The molecule has 0 saturated carbocycles. The summed E-state index contributed by atoms with van der Waals surface area (Å²) in [5.41, 5.74) is 1.97. The second-order valence-corrected chi connectivity index (χ2v) is 4.66. The molecule has 1 rings (SSSR count). The van der Waals surface area contributed by atoms with Gasteiger partial charge >= 0.3 is 5.51 Å². The summed E-state index contributed by atoms with van der Waals surface area (Å²) in [4.78, 5) is 0.130. The third-order valence-corrected chi connectivity index (χ3v) is 3.04. The molecule has 0 aromatic heterocycles. The molecule has 2 nitrogen and oxygen atoms in total. The first-order chi connectivity index (χ1) is 7.94. The van der Waals surface area contributed by atoms with Crippen LogP contribution in [0.15, 0.2) is 29.2 Å². The number of aliphatic hydroxyl groups excluding tert-OH is 1. The van der Waals surface area contributed by atoms with E-state index in [0.29, 0.717) is 18.4 Å². The number of aliphatic hydroxyl groups is 1. The van der Waals surface area contributed by atoms with Crippen LogP contribution in [-0.4, -0.2) is 17.2 Å². The van der Waals surface area contributed by atoms with Crippen molar-refractivity contribution in [3.8, 4) is 0 Å². The first-order valence-electron chi connectivity index (χ1n) is 5.15. The summed E-state index contributed by atoms with van der Waals surface area (Å²) in [7, 11) is 0. The molecule has 6 heteroatoms. The molecule has 0 bridgehead atoms. The van der Waals surface area contributed by atoms with Crippen molar-refractivity contribution in [1.29, 1.82) is 0 Å². The lowest BCUT2D eigenvalue weighted by Crippen LogP contribution is -2.13. The Balaban J connectivity index is 2.83. The Hall–Kier alpha value is -0.720. The Morgan fingerprint density at radius 3 is 2.53 bits per heavy atom. The lowest BCUT2D eigenvalue weighted by atomic mass is 10.0. The SMILES string of the molecule is N[C@H](CCCO)c1ccccc1SC(F)(F)F. The van der Waals surface area contributed by atoms with Crippen LogP contribution < -0.4 is 5.73 Å². The topological polar surface area (TPSA) is 46.2 Å². The molecule has 1 atom stereocenters. The Labute approximate surface area is 102 Å². The van der Waals surface area contributed by atoms with E-state index in [1.54, 1.807) is 18.2 Å². The van der Waals surface area contributed by atoms with Gasteiger partial charge in [-0.1, -0.05) is 18.2 Å². The molecule has 96 valence electrons. The second kappa shape index (κ2) is 6.28. The molecule has 0 fully saturated rings. The normalized spacial score (nSPS) is 13.7. The smallest absolute Gasteiger partial charge is 0.396 e. The molecular formula is C11H14F3NOS. The van der Waals surface area contributed by atoms with Crippen LogP contribution >= 0.6 is 11.8 Å². The summed E-state index contributed by atoms with van der Waals surface area (Å²) in [5.74, 6) is 0. The van der Waals surface area contributed by atoms with Crippen molar-refractivity contribution in [2.75, 3.05) is 6.61 Å². The number of hydrogen-bond acceptors (Lipinski definition) is 3. The van der Waals surface area contributed by atoms with E-state index in [1.165, 1.54) is 6.07 Å². The number of hydrogen-bond donors (Lipinski definition) is 2. The van der Waals surface area contributed by atoms with Crippen LogP contribution in [-0.2, 0) is 0 Å². The van der Waals surface area contributed by atoms with Gasteiger partial charge in [0.2, 0.25) is 0 Å². The van der Waals surface area contributed by atoms with Crippen LogP contribution in [0.1, 0.15) is 24.4 Å². The fourth-order valence-corrected chi connectivity index (χ4v) is 2.20. The van der Waals surface area contributed by atoms with Crippen LogP contribution in [0.25, 0.3) is 0 Å². The molecule has 0 amide bonds. The Bertz CT molecular complexity index is 357. The van der Waals surface area contributed by atoms with Crippen LogP contribution in [0.5, 0.6) is 0 Å². The molecule has 1 aromatic rings. The Morgan fingerprint density at radius 1 is 1.29 bits per heavy atom. The molecule has 0 unspecified atom stereocenters. The number of thioether (sulfide) groups is 1. The average Bonchev–Trinajstić information content (AvgIpc) is 2.24. The molecule has 0 radical (unpaired) electrons. The summed E-state index contributed by atoms with van der Waals surface area (Å²) in [6.07, 6.45) is 0.943. The van der Waals surface area contributed by atoms with Crippen LogP contribution in [0.3, 0.4) is 0 Å². The van der Waals surface area contributed by atoms with Gasteiger partial charge in [-0.2, -0.15) is 13.2 Å². The molecule has 0 aliphatic rings. The molecule has 0 spiro atoms. The highest BCUT2D eigenvalue weighted by molar-refractivity contribution is 8.00. The average molecular weight is 265 g/mol. The molecule has 0 aliphatic heterocycles. The van der Waals surface area contributed by atoms with Gasteiger partial charge in [-0.05, 0) is 36.2 Å². The number of benzene rings is 1. The molecular weight excluding hydrogens is 251 g/mol. The van der Waals surface area contributed by atoms with Gasteiger partial charge in [-0.3, -0.25) is 0 Å². The summed E-state index contributed by atoms with van der Waals surface area (Å²) in [6, 6.07) is 5.74. The standard InChI is InChI=1S/C11H14F3NOS/c12-11(13,14)17-10-6-2-1-4-8(10)9(15)5-3-7-16/h1-2,4,6,9,16H,3,5,7,15H2/t9-/m1/s1. The monoisotopic (exact) mass is 265 g/mol. The second-order valence-electron chi connectivity index (χ2n) is 3.56. The zero-order valence-corrected chi connectivity index (χ0v) is 9.89. The van der Waals surface area contributed by atoms with E-state index in [0.717, 1.165) is 0 Å². The summed E-state index contributed by atoms with van der Waals surface area (Å²) >= 11 is -0.153. The fraction of sp³-hybridized carbons (Fsp3) is 0.455. The largest absolute Gasteiger partial charge is 0.446 e. The van der Waals surface area contributed by atoms with E-state index in [2.05, 4.69) is 0 Å². The van der Waals surface area contributed by atoms with Crippen LogP contribution in [0, 0.1) is 0 Å². The Kier molecular flexibility index (Phi) is 5.30. The zero-order chi connectivity index (χ0) is 12.9. The third kappa shape index (κ3) is 4.97. The van der Waals surface area contributed by atoms with Gasteiger partial charge in [0.1, 0.15) is 0 Å². The van der Waals surface area contributed by atoms with Gasteiger partial charge in [0.05, 0.1) is 0 Å². The van der Waals surface area contributed by atoms with Crippen molar-refractivity contribution in [2.45, 2.75) is 29.3 Å². The van der Waals surface area contributed by atoms with E-state index >= 15 is 0 Å². The highest BCUT2D eigenvalue weighted by Gasteiger charge is 2.30. The maximum atomic E-state index is 12.3. The maximum Gasteiger partial charge on any atom is 0.446 e. The van der Waals surface area contributed by atoms with Crippen molar-refractivity contribution in [3.05, 3.63) is 29.8 Å². The summed E-state index contributed by atoms with van der Waals surface area (Å²) in [5, 5.41) is 8.68. The highest BCUT2D eigenvalue weighted by Crippen LogP contribution is 2.40. The van der Waals surface area contributed by atoms with Crippen molar-refractivity contribution in [2.24, 2.45) is 5.73 Å². The first-order valence-corrected chi connectivity index (χ1v) is 5.97. The Morgan fingerprint density at radius 2 is 1.94 bits per heavy atom. The minimum Gasteiger partial charge on any atom is -0.396 e. The van der Waals surface area contributed by atoms with Gasteiger partial charge in [0.25, 0.3) is 0 Å². The van der Waals surface area contributed by atoms with Crippen LogP contribution in [0.4, 0.5) is 13.2 Å². The van der Waals surface area contributed by atoms with Crippen molar-refractivity contribution in [1.82, 2.24) is 0 Å². The van der Waals surface area contributed by atoms with E-state index in [-0.39, 0.29) is 23.3 Å². The van der Waals surface area contributed by atoms with E-state index in [1.807, 2.05) is 0 Å². The lowest BCUT2D eigenvalue weighted by molar-refractivity contribution is -0.0328. The molecule has 0 heterocycles. The van der Waals surface area contributed by atoms with E-state index in [4.69, 9.17) is 10.8 Å². The van der Waals surface area contributed by atoms with Gasteiger partial charge in [-0.15, -0.1) is 0 Å². The minimum atomic E-state index is -4.31. The molecule has 1 aromatic carbocycles. The number of alkyl halides is 3. The number of rotatable bonds is 5. The van der Waals surface area contributed by atoms with Crippen molar-refractivity contribution in [3.63, 3.8) is 0 Å². The third-order valence-electron chi connectivity index (χ3n) is 2.22. The number of halogens is 3. The molecule has 3 N–H and O–H groups in total. The molecule has 0 aliphatic carbocycles. The van der Waals surface area contributed by atoms with Crippen molar-refractivity contribution < 1.29 is 18.3 Å². The van der Waals surface area contributed by atoms with Crippen molar-refractivity contribution >= 4 is 11.8 Å². The minimum absolute atomic E-state index is 0.0116. The lowest BCUT2D eigenvalue weighted by Gasteiger charge is -2.16. The first kappa shape index (κ1) is 14.3. The van der Waals surface area contributed by atoms with Gasteiger partial charge in [0, 0.05) is 17.5 Å². The summed E-state index contributed by atoms with van der Waals surface area (Å²) < 4.78 is 37.0. The fourth-order valence-electron chi connectivity index (χ4n) is 1.47. The zero-order valence-electron chi connectivity index (χ0n) is 9.07. The summed E-state index contributed by atoms with van der Waals surface area (Å²) in [6.45, 7) is -0.0116. The molecule has 17 heavy (non-hydrogen) atoms.